The van der Waals surface area contributed by atoms with Gasteiger partial charge < -0.3 is 10.4 Å². The predicted octanol–water partition coefficient (Wildman–Crippen LogP) is 0.183. The fraction of sp³-hybridized carbons (Fsp3) is 0.429. The Morgan fingerprint density at radius 3 is 2.81 bits per heavy atom. The summed E-state index contributed by atoms with van der Waals surface area (Å²) in [4.78, 5) is 47.8. The molecule has 0 spiro atoms. The van der Waals surface area contributed by atoms with Crippen molar-refractivity contribution >= 4 is 35.2 Å². The van der Waals surface area contributed by atoms with Crippen molar-refractivity contribution < 1.29 is 24.4 Å². The van der Waals surface area contributed by atoms with Crippen LogP contribution in [0.1, 0.15) is 24.3 Å². The van der Waals surface area contributed by atoms with Gasteiger partial charge in [0.2, 0.25) is 5.69 Å². The largest absolute Gasteiger partial charge is 0.477 e. The fourth-order valence-corrected chi connectivity index (χ4v) is 4.26. The molecule has 0 saturated carbocycles. The third-order valence-corrected chi connectivity index (χ3v) is 5.60. The Labute approximate surface area is 151 Å². The molecular formula is C14H15N5O6S. The highest BCUT2D eigenvalue weighted by molar-refractivity contribution is 8.00. The second-order valence-corrected chi connectivity index (χ2v) is 6.85. The second-order valence-electron chi connectivity index (χ2n) is 5.75. The van der Waals surface area contributed by atoms with Crippen LogP contribution in [0.15, 0.2) is 17.5 Å². The number of aromatic nitrogens is 2. The van der Waals surface area contributed by atoms with Crippen molar-refractivity contribution in [1.82, 2.24) is 20.0 Å². The molecule has 2 amide bonds. The maximum absolute atomic E-state index is 12.5. The van der Waals surface area contributed by atoms with Crippen LogP contribution < -0.4 is 5.32 Å². The van der Waals surface area contributed by atoms with Gasteiger partial charge in [-0.05, 0) is 19.4 Å². The van der Waals surface area contributed by atoms with E-state index in [-0.39, 0.29) is 17.9 Å². The molecule has 138 valence electrons. The summed E-state index contributed by atoms with van der Waals surface area (Å²) in [5.74, 6) is -2.14. The van der Waals surface area contributed by atoms with Crippen molar-refractivity contribution in [3.05, 3.63) is 33.3 Å². The number of nitro groups is 1. The molecule has 1 fully saturated rings. The van der Waals surface area contributed by atoms with E-state index in [0.29, 0.717) is 11.3 Å². The van der Waals surface area contributed by atoms with Gasteiger partial charge in [0.1, 0.15) is 23.3 Å². The number of β-lactam (4-membered cyclic amide) rings is 1. The topological polar surface area (TPSA) is 148 Å². The third-order valence-electron chi connectivity index (χ3n) is 4.18. The molecule has 0 aliphatic carbocycles. The number of carboxylic acids is 1. The normalized spacial score (nSPS) is 21.9. The number of rotatable bonds is 5. The Morgan fingerprint density at radius 2 is 2.23 bits per heavy atom. The maximum atomic E-state index is 12.5. The molecule has 0 bridgehead atoms. The molecule has 2 aliphatic rings. The smallest absolute Gasteiger partial charge is 0.352 e. The summed E-state index contributed by atoms with van der Waals surface area (Å²) >= 11 is 1.33. The average Bonchev–Trinajstić information content (AvgIpc) is 3.03. The van der Waals surface area contributed by atoms with E-state index in [1.165, 1.54) is 16.4 Å². The molecule has 0 radical (unpaired) electrons. The summed E-state index contributed by atoms with van der Waals surface area (Å²) in [5, 5.41) is 26.1. The van der Waals surface area contributed by atoms with Crippen molar-refractivity contribution in [3.8, 4) is 0 Å². The van der Waals surface area contributed by atoms with Crippen molar-refractivity contribution in [2.75, 3.05) is 5.75 Å². The summed E-state index contributed by atoms with van der Waals surface area (Å²) in [5.41, 5.74) is -0.202. The average molecular weight is 381 g/mol. The molecule has 12 heteroatoms. The zero-order chi connectivity index (χ0) is 19.2. The van der Waals surface area contributed by atoms with Gasteiger partial charge in [-0.3, -0.25) is 29.3 Å². The molecule has 3 rings (SSSR count). The van der Waals surface area contributed by atoms with E-state index in [1.807, 2.05) is 0 Å². The van der Waals surface area contributed by atoms with Gasteiger partial charge in [0.25, 0.3) is 11.8 Å². The molecule has 2 N–H and O–H groups in total. The first kappa shape index (κ1) is 17.9. The SMILES string of the molecule is CCn1ncc([N+](=O)[O-])c1C(=O)N[C@@H]1C(=O)N2C(C(=O)O)=C(C)CS[C@@H]12. The zero-order valence-electron chi connectivity index (χ0n) is 13.8. The molecule has 0 aromatic carbocycles. The number of aryl methyl sites for hydroxylation is 1. The Hall–Kier alpha value is -2.89. The predicted molar refractivity (Wildman–Crippen MR) is 89.2 cm³/mol. The van der Waals surface area contributed by atoms with Crippen LogP contribution in [0, 0.1) is 10.1 Å². The van der Waals surface area contributed by atoms with Crippen molar-refractivity contribution in [1.29, 1.82) is 0 Å². The lowest BCUT2D eigenvalue weighted by Crippen LogP contribution is -2.70. The number of thioether (sulfide) groups is 1. The highest BCUT2D eigenvalue weighted by Gasteiger charge is 2.54. The first-order valence-electron chi connectivity index (χ1n) is 7.66. The van der Waals surface area contributed by atoms with Gasteiger partial charge in [-0.2, -0.15) is 5.10 Å². The summed E-state index contributed by atoms with van der Waals surface area (Å²) in [7, 11) is 0. The first-order valence-corrected chi connectivity index (χ1v) is 8.71. The molecule has 1 aromatic heterocycles. The lowest BCUT2D eigenvalue weighted by atomic mass is 10.0. The summed E-state index contributed by atoms with van der Waals surface area (Å²) in [6.07, 6.45) is 0.983. The number of hydrogen-bond donors (Lipinski definition) is 2. The number of carbonyl (C=O) groups excluding carboxylic acids is 2. The van der Waals surface area contributed by atoms with E-state index in [0.717, 1.165) is 11.1 Å². The van der Waals surface area contributed by atoms with Crippen LogP contribution >= 0.6 is 11.8 Å². The van der Waals surface area contributed by atoms with Gasteiger partial charge in [-0.15, -0.1) is 11.8 Å². The molecule has 26 heavy (non-hydrogen) atoms. The second kappa shape index (κ2) is 6.44. The molecule has 2 atom stereocenters. The number of hydrogen-bond acceptors (Lipinski definition) is 7. The Morgan fingerprint density at radius 1 is 1.54 bits per heavy atom. The van der Waals surface area contributed by atoms with Crippen LogP contribution in [-0.2, 0) is 16.1 Å². The van der Waals surface area contributed by atoms with Gasteiger partial charge in [-0.1, -0.05) is 0 Å². The third kappa shape index (κ3) is 2.62. The molecule has 11 nitrogen and oxygen atoms in total. The van der Waals surface area contributed by atoms with Crippen molar-refractivity contribution in [3.63, 3.8) is 0 Å². The highest BCUT2D eigenvalue weighted by Crippen LogP contribution is 2.40. The van der Waals surface area contributed by atoms with E-state index in [4.69, 9.17) is 0 Å². The molecule has 1 aromatic rings. The van der Waals surface area contributed by atoms with Crippen molar-refractivity contribution in [2.24, 2.45) is 0 Å². The summed E-state index contributed by atoms with van der Waals surface area (Å²) in [6.45, 7) is 3.55. The van der Waals surface area contributed by atoms with E-state index in [2.05, 4.69) is 10.4 Å². The van der Waals surface area contributed by atoms with E-state index in [9.17, 15) is 29.6 Å². The van der Waals surface area contributed by atoms with Crippen LogP contribution in [0.3, 0.4) is 0 Å². The Bertz CT molecular complexity index is 862. The molecular weight excluding hydrogens is 366 g/mol. The minimum absolute atomic E-state index is 0.0752. The van der Waals surface area contributed by atoms with E-state index < -0.39 is 39.8 Å². The lowest BCUT2D eigenvalue weighted by Gasteiger charge is -2.49. The van der Waals surface area contributed by atoms with Crippen LogP contribution in [0.25, 0.3) is 0 Å². The van der Waals surface area contributed by atoms with Gasteiger partial charge in [0.15, 0.2) is 0 Å². The van der Waals surface area contributed by atoms with Crippen LogP contribution in [0.2, 0.25) is 0 Å². The van der Waals surface area contributed by atoms with Gasteiger partial charge in [0, 0.05) is 12.3 Å². The molecule has 3 heterocycles. The number of carboxylic acid groups (broad SMARTS) is 1. The van der Waals surface area contributed by atoms with Gasteiger partial charge >= 0.3 is 11.7 Å². The number of nitrogens with zero attached hydrogens (tertiary/aromatic N) is 4. The zero-order valence-corrected chi connectivity index (χ0v) is 14.6. The summed E-state index contributed by atoms with van der Waals surface area (Å²) < 4.78 is 1.18. The van der Waals surface area contributed by atoms with Crippen LogP contribution in [0.4, 0.5) is 5.69 Å². The maximum Gasteiger partial charge on any atom is 0.352 e. The minimum Gasteiger partial charge on any atom is -0.477 e. The fourth-order valence-electron chi connectivity index (χ4n) is 2.97. The number of nitrogens with one attached hydrogen (secondary N) is 1. The van der Waals surface area contributed by atoms with Crippen LogP contribution in [-0.4, -0.2) is 59.7 Å². The quantitative estimate of drug-likeness (QED) is 0.417. The number of fused-ring (bicyclic) bond motifs is 1. The number of amides is 2. The molecule has 2 aliphatic heterocycles. The van der Waals surface area contributed by atoms with Gasteiger partial charge in [-0.25, -0.2) is 4.79 Å². The highest BCUT2D eigenvalue weighted by atomic mass is 32.2. The number of carbonyl (C=O) groups is 3. The Balaban J connectivity index is 1.83. The molecule has 1 saturated heterocycles. The monoisotopic (exact) mass is 381 g/mol. The van der Waals surface area contributed by atoms with Gasteiger partial charge in [0.05, 0.1) is 4.92 Å². The standard InChI is InChI=1S/C14H15N5O6S/c1-3-17-10(7(4-15-17)19(24)25)11(20)16-8-12(21)18-9(14(22)23)6(2)5-26-13(8)18/h4,8,13H,3,5H2,1-2H3,(H,16,20)(H,22,23)/t8-,13+/m1/s1. The summed E-state index contributed by atoms with van der Waals surface area (Å²) in [6, 6.07) is -0.949. The van der Waals surface area contributed by atoms with Crippen LogP contribution in [0.5, 0.6) is 0 Å². The minimum atomic E-state index is -1.20. The van der Waals surface area contributed by atoms with E-state index >= 15 is 0 Å². The molecule has 0 unspecified atom stereocenters. The van der Waals surface area contributed by atoms with Crippen molar-refractivity contribution in [2.45, 2.75) is 31.8 Å². The first-order chi connectivity index (χ1) is 12.3. The Kier molecular flexibility index (Phi) is 4.44. The van der Waals surface area contributed by atoms with E-state index in [1.54, 1.807) is 13.8 Å². The number of aliphatic carboxylic acids is 1. The lowest BCUT2D eigenvalue weighted by molar-refractivity contribution is -0.385.